The lowest BCUT2D eigenvalue weighted by atomic mass is 10.0. The van der Waals surface area contributed by atoms with E-state index in [1.807, 2.05) is 31.2 Å². The molecule has 3 heterocycles. The van der Waals surface area contributed by atoms with Crippen molar-refractivity contribution in [2.24, 2.45) is 5.92 Å². The van der Waals surface area contributed by atoms with E-state index in [0.29, 0.717) is 24.5 Å². The highest BCUT2D eigenvalue weighted by atomic mass is 19.1. The molecule has 10 heteroatoms. The third kappa shape index (κ3) is 5.59. The van der Waals surface area contributed by atoms with E-state index < -0.39 is 24.8 Å². The van der Waals surface area contributed by atoms with Crippen LogP contribution < -0.4 is 10.1 Å². The lowest BCUT2D eigenvalue weighted by Gasteiger charge is -2.34. The number of ether oxygens (including phenoxy) is 1. The Morgan fingerprint density at radius 2 is 1.97 bits per heavy atom. The monoisotopic (exact) mass is 505 g/mol. The van der Waals surface area contributed by atoms with Gasteiger partial charge in [-0.1, -0.05) is 6.07 Å². The maximum absolute atomic E-state index is 14.6. The molecule has 0 unspecified atom stereocenters. The van der Waals surface area contributed by atoms with E-state index in [9.17, 15) is 14.0 Å². The molecule has 1 saturated carbocycles. The SMILES string of the molecule is Cc1cc(-c2ccnc(NC(=O)[C@@H]3C[C@H]3c3cncnc3)c2)ccc1O[C@H]1CCN(C(=O)CO)C[C@H]1F. The number of rotatable bonds is 7. The molecule has 1 aromatic carbocycles. The van der Waals surface area contributed by atoms with Crippen LogP contribution in [0.3, 0.4) is 0 Å². The van der Waals surface area contributed by atoms with Gasteiger partial charge in [-0.2, -0.15) is 0 Å². The highest BCUT2D eigenvalue weighted by molar-refractivity contribution is 5.95. The molecule has 3 aromatic rings. The lowest BCUT2D eigenvalue weighted by molar-refractivity contribution is -0.138. The number of carbonyl (C=O) groups excluding carboxylic acids is 2. The maximum Gasteiger partial charge on any atom is 0.248 e. The van der Waals surface area contributed by atoms with Crippen LogP contribution in [-0.4, -0.2) is 68.7 Å². The Morgan fingerprint density at radius 3 is 2.70 bits per heavy atom. The fourth-order valence-electron chi connectivity index (χ4n) is 4.72. The number of likely N-dealkylation sites (tertiary alicyclic amines) is 1. The summed E-state index contributed by atoms with van der Waals surface area (Å²) in [4.78, 5) is 38.0. The summed E-state index contributed by atoms with van der Waals surface area (Å²) in [7, 11) is 0. The average Bonchev–Trinajstić information content (AvgIpc) is 3.72. The maximum atomic E-state index is 14.6. The number of aliphatic hydroxyl groups is 1. The molecular weight excluding hydrogens is 477 g/mol. The summed E-state index contributed by atoms with van der Waals surface area (Å²) in [6, 6.07) is 9.31. The first kappa shape index (κ1) is 24.8. The molecule has 2 aromatic heterocycles. The number of hydrogen-bond acceptors (Lipinski definition) is 7. The van der Waals surface area contributed by atoms with Crippen LogP contribution >= 0.6 is 0 Å². The predicted molar refractivity (Wildman–Crippen MR) is 134 cm³/mol. The molecule has 4 atom stereocenters. The fraction of sp³-hybridized carbons (Fsp3) is 0.370. The first-order valence-electron chi connectivity index (χ1n) is 12.2. The van der Waals surface area contributed by atoms with E-state index in [4.69, 9.17) is 9.84 Å². The molecule has 5 rings (SSSR count). The standard InChI is InChI=1S/C27H28FN5O4/c1-16-8-17(2-3-23(16)37-24-5-7-33(13-22(24)28)26(35)14-34)18-4-6-31-25(9-18)32-27(36)21-10-20(21)19-11-29-15-30-12-19/h2-4,6,8-9,11-12,15,20-22,24,34H,5,7,10,13-14H2,1H3,(H,31,32,36)/t20-,21+,22+,24-/m0/s1. The summed E-state index contributed by atoms with van der Waals surface area (Å²) in [5, 5.41) is 11.9. The Kier molecular flexibility index (Phi) is 7.09. The van der Waals surface area contributed by atoms with Crippen molar-refractivity contribution in [3.8, 4) is 16.9 Å². The topological polar surface area (TPSA) is 118 Å². The van der Waals surface area contributed by atoms with Gasteiger partial charge in [0.15, 0.2) is 6.17 Å². The molecule has 2 aliphatic rings. The summed E-state index contributed by atoms with van der Waals surface area (Å²) < 4.78 is 20.6. The van der Waals surface area contributed by atoms with Crippen LogP contribution in [0.5, 0.6) is 5.75 Å². The summed E-state index contributed by atoms with van der Waals surface area (Å²) >= 11 is 0. The number of carbonyl (C=O) groups is 2. The van der Waals surface area contributed by atoms with E-state index in [-0.39, 0.29) is 24.3 Å². The Labute approximate surface area is 213 Å². The lowest BCUT2D eigenvalue weighted by Crippen LogP contribution is -2.50. The molecule has 0 bridgehead atoms. The zero-order valence-electron chi connectivity index (χ0n) is 20.4. The number of hydrogen-bond donors (Lipinski definition) is 2. The number of alkyl halides is 1. The number of aryl methyl sites for hydroxylation is 1. The largest absolute Gasteiger partial charge is 0.487 e. The van der Waals surface area contributed by atoms with Gasteiger partial charge in [-0.3, -0.25) is 9.59 Å². The van der Waals surface area contributed by atoms with Crippen molar-refractivity contribution in [2.45, 2.75) is 38.0 Å². The molecule has 192 valence electrons. The molecule has 1 aliphatic heterocycles. The number of pyridine rings is 1. The average molecular weight is 506 g/mol. The number of anilines is 1. The number of piperidine rings is 1. The van der Waals surface area contributed by atoms with Crippen molar-refractivity contribution in [1.29, 1.82) is 0 Å². The molecule has 1 saturated heterocycles. The Bertz CT molecular complexity index is 1290. The molecule has 2 N–H and O–H groups in total. The van der Waals surface area contributed by atoms with Crippen molar-refractivity contribution in [2.75, 3.05) is 25.0 Å². The number of aliphatic hydroxyl groups excluding tert-OH is 1. The van der Waals surface area contributed by atoms with Crippen LogP contribution in [0.15, 0.2) is 55.2 Å². The van der Waals surface area contributed by atoms with E-state index >= 15 is 0 Å². The smallest absolute Gasteiger partial charge is 0.248 e. The molecule has 2 amide bonds. The minimum absolute atomic E-state index is 0.0778. The van der Waals surface area contributed by atoms with Gasteiger partial charge in [-0.05, 0) is 65.8 Å². The van der Waals surface area contributed by atoms with E-state index in [0.717, 1.165) is 28.7 Å². The van der Waals surface area contributed by atoms with Gasteiger partial charge in [0.25, 0.3) is 0 Å². The van der Waals surface area contributed by atoms with Crippen molar-refractivity contribution in [3.63, 3.8) is 0 Å². The van der Waals surface area contributed by atoms with E-state index in [1.165, 1.54) is 11.2 Å². The summed E-state index contributed by atoms with van der Waals surface area (Å²) in [6.07, 6.45) is 5.72. The third-order valence-electron chi connectivity index (χ3n) is 6.90. The summed E-state index contributed by atoms with van der Waals surface area (Å²) in [5.74, 6) is 0.503. The second-order valence-electron chi connectivity index (χ2n) is 9.48. The summed E-state index contributed by atoms with van der Waals surface area (Å²) in [6.45, 7) is 1.52. The Morgan fingerprint density at radius 1 is 1.19 bits per heavy atom. The van der Waals surface area contributed by atoms with Gasteiger partial charge in [0, 0.05) is 37.5 Å². The highest BCUT2D eigenvalue weighted by Gasteiger charge is 2.44. The first-order chi connectivity index (χ1) is 17.9. The molecule has 0 radical (unpaired) electrons. The van der Waals surface area contributed by atoms with Crippen molar-refractivity contribution < 1.29 is 23.8 Å². The van der Waals surface area contributed by atoms with Gasteiger partial charge < -0.3 is 20.1 Å². The van der Waals surface area contributed by atoms with Gasteiger partial charge in [0.2, 0.25) is 11.8 Å². The van der Waals surface area contributed by atoms with Crippen LogP contribution in [0, 0.1) is 12.8 Å². The number of benzene rings is 1. The van der Waals surface area contributed by atoms with Crippen LogP contribution in [0.4, 0.5) is 10.2 Å². The zero-order chi connectivity index (χ0) is 25.9. The van der Waals surface area contributed by atoms with Gasteiger partial charge in [0.1, 0.15) is 30.6 Å². The van der Waals surface area contributed by atoms with Crippen molar-refractivity contribution in [1.82, 2.24) is 19.9 Å². The number of nitrogens with one attached hydrogen (secondary N) is 1. The molecule has 1 aliphatic carbocycles. The molecular formula is C27H28FN5O4. The quantitative estimate of drug-likeness (QED) is 0.507. The van der Waals surface area contributed by atoms with Gasteiger partial charge >= 0.3 is 0 Å². The van der Waals surface area contributed by atoms with Crippen molar-refractivity contribution >= 4 is 17.6 Å². The van der Waals surface area contributed by atoms with Crippen LogP contribution in [0.2, 0.25) is 0 Å². The fourth-order valence-corrected chi connectivity index (χ4v) is 4.72. The first-order valence-corrected chi connectivity index (χ1v) is 12.2. The van der Waals surface area contributed by atoms with Gasteiger partial charge in [-0.15, -0.1) is 0 Å². The molecule has 9 nitrogen and oxygen atoms in total. The van der Waals surface area contributed by atoms with Gasteiger partial charge in [-0.25, -0.2) is 19.3 Å². The Hall–Kier alpha value is -3.92. The normalized spacial score (nSPS) is 22.8. The van der Waals surface area contributed by atoms with E-state index in [1.54, 1.807) is 24.7 Å². The highest BCUT2D eigenvalue weighted by Crippen LogP contribution is 2.47. The second kappa shape index (κ2) is 10.6. The molecule has 2 fully saturated rings. The zero-order valence-corrected chi connectivity index (χ0v) is 20.4. The summed E-state index contributed by atoms with van der Waals surface area (Å²) in [5.41, 5.74) is 3.59. The minimum atomic E-state index is -1.34. The second-order valence-corrected chi connectivity index (χ2v) is 9.48. The molecule has 0 spiro atoms. The van der Waals surface area contributed by atoms with Crippen LogP contribution in [0.1, 0.15) is 29.9 Å². The number of amides is 2. The number of aromatic nitrogens is 3. The van der Waals surface area contributed by atoms with E-state index in [2.05, 4.69) is 20.3 Å². The Balaban J connectivity index is 1.21. The van der Waals surface area contributed by atoms with Crippen LogP contribution in [0.25, 0.3) is 11.1 Å². The number of halogens is 1. The minimum Gasteiger partial charge on any atom is -0.487 e. The van der Waals surface area contributed by atoms with Crippen LogP contribution in [-0.2, 0) is 9.59 Å². The van der Waals surface area contributed by atoms with Crippen molar-refractivity contribution in [3.05, 3.63) is 66.4 Å². The number of nitrogens with zero attached hydrogens (tertiary/aromatic N) is 4. The molecule has 37 heavy (non-hydrogen) atoms. The predicted octanol–water partition coefficient (Wildman–Crippen LogP) is 2.90. The van der Waals surface area contributed by atoms with Gasteiger partial charge in [0.05, 0.1) is 6.54 Å². The third-order valence-corrected chi connectivity index (χ3v) is 6.90.